The van der Waals surface area contributed by atoms with Gasteiger partial charge in [0.1, 0.15) is 0 Å². The van der Waals surface area contributed by atoms with Crippen molar-refractivity contribution in [3.05, 3.63) is 34.3 Å². The summed E-state index contributed by atoms with van der Waals surface area (Å²) in [6, 6.07) is 9.19. The van der Waals surface area contributed by atoms with Gasteiger partial charge in [0.15, 0.2) is 0 Å². The molecule has 3 heteroatoms. The van der Waals surface area contributed by atoms with E-state index in [2.05, 4.69) is 45.5 Å². The van der Waals surface area contributed by atoms with E-state index in [1.165, 1.54) is 18.4 Å². The fraction of sp³-hybridized carbons (Fsp3) is 0.500. The highest BCUT2D eigenvalue weighted by molar-refractivity contribution is 9.10. The second-order valence-electron chi connectivity index (χ2n) is 4.09. The summed E-state index contributed by atoms with van der Waals surface area (Å²) >= 11 is 3.44. The van der Waals surface area contributed by atoms with E-state index in [4.69, 9.17) is 5.11 Å². The Labute approximate surface area is 98.8 Å². The van der Waals surface area contributed by atoms with Gasteiger partial charge in [0.2, 0.25) is 0 Å². The number of nitrogens with one attached hydrogen (secondary N) is 1. The zero-order valence-corrected chi connectivity index (χ0v) is 10.2. The molecule has 0 aliphatic heterocycles. The predicted molar refractivity (Wildman–Crippen MR) is 65.0 cm³/mol. The molecule has 0 amide bonds. The maximum Gasteiger partial charge on any atom is 0.0556 e. The molecule has 1 aliphatic carbocycles. The van der Waals surface area contributed by atoms with Crippen molar-refractivity contribution < 1.29 is 5.11 Å². The molecule has 0 spiro atoms. The Kier molecular flexibility index (Phi) is 3.78. The zero-order valence-electron chi connectivity index (χ0n) is 8.62. The van der Waals surface area contributed by atoms with Gasteiger partial charge < -0.3 is 10.4 Å². The molecule has 2 N–H and O–H groups in total. The molecular formula is C12H16BrNO. The second kappa shape index (κ2) is 5.10. The summed E-state index contributed by atoms with van der Waals surface area (Å²) in [5.41, 5.74) is 1.43. The van der Waals surface area contributed by atoms with E-state index in [1.54, 1.807) is 0 Å². The quantitative estimate of drug-likeness (QED) is 0.879. The van der Waals surface area contributed by atoms with Gasteiger partial charge in [-0.3, -0.25) is 0 Å². The topological polar surface area (TPSA) is 32.3 Å². The highest BCUT2D eigenvalue weighted by Gasteiger charge is 2.29. The average Bonchev–Trinajstić information content (AvgIpc) is 2.18. The highest BCUT2D eigenvalue weighted by atomic mass is 79.9. The molecule has 0 atom stereocenters. The van der Waals surface area contributed by atoms with E-state index in [-0.39, 0.29) is 6.61 Å². The van der Waals surface area contributed by atoms with Crippen LogP contribution in [0, 0.1) is 0 Å². The van der Waals surface area contributed by atoms with Crippen LogP contribution in [-0.4, -0.2) is 24.3 Å². The van der Waals surface area contributed by atoms with E-state index in [1.807, 2.05) is 0 Å². The van der Waals surface area contributed by atoms with Gasteiger partial charge in [-0.15, -0.1) is 0 Å². The molecule has 2 rings (SSSR count). The lowest BCUT2D eigenvalue weighted by atomic mass is 9.76. The largest absolute Gasteiger partial charge is 0.395 e. The number of hydrogen-bond donors (Lipinski definition) is 2. The van der Waals surface area contributed by atoms with E-state index in [9.17, 15) is 0 Å². The minimum Gasteiger partial charge on any atom is -0.395 e. The van der Waals surface area contributed by atoms with Crippen LogP contribution in [0.3, 0.4) is 0 Å². The van der Waals surface area contributed by atoms with Crippen LogP contribution in [0.4, 0.5) is 0 Å². The van der Waals surface area contributed by atoms with Crippen LogP contribution >= 0.6 is 15.9 Å². The lowest BCUT2D eigenvalue weighted by molar-refractivity contribution is 0.244. The molecule has 0 aromatic heterocycles. The van der Waals surface area contributed by atoms with Gasteiger partial charge in [0.25, 0.3) is 0 Å². The normalized spacial score (nSPS) is 24.9. The highest BCUT2D eigenvalue weighted by Crippen LogP contribution is 2.37. The van der Waals surface area contributed by atoms with Crippen LogP contribution in [0.2, 0.25) is 0 Å². The Morgan fingerprint density at radius 3 is 2.53 bits per heavy atom. The summed E-state index contributed by atoms with van der Waals surface area (Å²) in [7, 11) is 0. The van der Waals surface area contributed by atoms with Crippen LogP contribution in [0.5, 0.6) is 0 Å². The monoisotopic (exact) mass is 269 g/mol. The first-order chi connectivity index (χ1) is 7.29. The van der Waals surface area contributed by atoms with Crippen molar-refractivity contribution >= 4 is 15.9 Å². The van der Waals surface area contributed by atoms with Crippen LogP contribution in [0.1, 0.15) is 24.3 Å². The lowest BCUT2D eigenvalue weighted by Gasteiger charge is -2.36. The first kappa shape index (κ1) is 11.1. The molecule has 0 heterocycles. The molecule has 1 aromatic carbocycles. The van der Waals surface area contributed by atoms with E-state index < -0.39 is 0 Å². The number of rotatable bonds is 4. The van der Waals surface area contributed by atoms with Crippen molar-refractivity contribution in [1.82, 2.24) is 5.32 Å². The fourth-order valence-corrected chi connectivity index (χ4v) is 2.32. The molecule has 1 saturated carbocycles. The molecule has 0 bridgehead atoms. The third-order valence-electron chi connectivity index (χ3n) is 3.02. The van der Waals surface area contributed by atoms with Gasteiger partial charge in [-0.25, -0.2) is 0 Å². The van der Waals surface area contributed by atoms with Crippen molar-refractivity contribution in [3.8, 4) is 0 Å². The number of aliphatic hydroxyl groups is 1. The number of aliphatic hydroxyl groups excluding tert-OH is 1. The van der Waals surface area contributed by atoms with Gasteiger partial charge >= 0.3 is 0 Å². The molecular weight excluding hydrogens is 254 g/mol. The Hall–Kier alpha value is -0.380. The van der Waals surface area contributed by atoms with Crippen LogP contribution in [-0.2, 0) is 0 Å². The Morgan fingerprint density at radius 2 is 1.93 bits per heavy atom. The molecule has 1 fully saturated rings. The maximum absolute atomic E-state index is 8.68. The van der Waals surface area contributed by atoms with Gasteiger partial charge in [0, 0.05) is 17.1 Å². The molecule has 82 valence electrons. The molecule has 1 aromatic rings. The number of benzene rings is 1. The van der Waals surface area contributed by atoms with Crippen LogP contribution in [0.25, 0.3) is 0 Å². The molecule has 15 heavy (non-hydrogen) atoms. The Bertz CT molecular complexity index is 306. The van der Waals surface area contributed by atoms with Crippen molar-refractivity contribution in [2.45, 2.75) is 24.8 Å². The van der Waals surface area contributed by atoms with Crippen molar-refractivity contribution in [2.75, 3.05) is 13.2 Å². The fourth-order valence-electron chi connectivity index (χ4n) is 2.06. The van der Waals surface area contributed by atoms with Crippen molar-refractivity contribution in [1.29, 1.82) is 0 Å². The summed E-state index contributed by atoms with van der Waals surface area (Å²) in [5.74, 6) is 0.703. The SMILES string of the molecule is OCCNC1CC(c2ccc(Br)cc2)C1. The van der Waals surface area contributed by atoms with Crippen LogP contribution < -0.4 is 5.32 Å². The number of halogens is 1. The molecule has 0 radical (unpaired) electrons. The average molecular weight is 270 g/mol. The smallest absolute Gasteiger partial charge is 0.0556 e. The Balaban J connectivity index is 1.81. The van der Waals surface area contributed by atoms with E-state index >= 15 is 0 Å². The molecule has 1 aliphatic rings. The van der Waals surface area contributed by atoms with Gasteiger partial charge in [-0.1, -0.05) is 28.1 Å². The summed E-state index contributed by atoms with van der Waals surface area (Å²) in [5, 5.41) is 12.0. The van der Waals surface area contributed by atoms with Crippen molar-refractivity contribution in [3.63, 3.8) is 0 Å². The molecule has 2 nitrogen and oxygen atoms in total. The van der Waals surface area contributed by atoms with E-state index in [0.717, 1.165) is 11.0 Å². The summed E-state index contributed by atoms with van der Waals surface area (Å²) < 4.78 is 1.14. The summed E-state index contributed by atoms with van der Waals surface area (Å²) in [6.45, 7) is 0.956. The molecule has 0 unspecified atom stereocenters. The summed E-state index contributed by atoms with van der Waals surface area (Å²) in [6.07, 6.45) is 2.39. The minimum absolute atomic E-state index is 0.236. The van der Waals surface area contributed by atoms with Crippen LogP contribution in [0.15, 0.2) is 28.7 Å². The number of hydrogen-bond acceptors (Lipinski definition) is 2. The maximum atomic E-state index is 8.68. The first-order valence-electron chi connectivity index (χ1n) is 5.39. The standard InChI is InChI=1S/C12H16BrNO/c13-11-3-1-9(2-4-11)10-7-12(8-10)14-5-6-15/h1-4,10,12,14-15H,5-8H2. The summed E-state index contributed by atoms with van der Waals surface area (Å²) in [4.78, 5) is 0. The van der Waals surface area contributed by atoms with Crippen molar-refractivity contribution in [2.24, 2.45) is 0 Å². The predicted octanol–water partition coefficient (Wildman–Crippen LogP) is 2.28. The third kappa shape index (κ3) is 2.80. The second-order valence-corrected chi connectivity index (χ2v) is 5.01. The lowest BCUT2D eigenvalue weighted by Crippen LogP contribution is -2.41. The zero-order chi connectivity index (χ0) is 10.7. The van der Waals surface area contributed by atoms with Gasteiger partial charge in [-0.05, 0) is 36.5 Å². The molecule has 0 saturated heterocycles. The third-order valence-corrected chi connectivity index (χ3v) is 3.55. The van der Waals surface area contributed by atoms with Gasteiger partial charge in [0.05, 0.1) is 6.61 Å². The first-order valence-corrected chi connectivity index (χ1v) is 6.18. The Morgan fingerprint density at radius 1 is 1.27 bits per heavy atom. The minimum atomic E-state index is 0.236. The van der Waals surface area contributed by atoms with E-state index in [0.29, 0.717) is 12.0 Å². The van der Waals surface area contributed by atoms with Gasteiger partial charge in [-0.2, -0.15) is 0 Å².